The van der Waals surface area contributed by atoms with Gasteiger partial charge in [0.2, 0.25) is 0 Å². The van der Waals surface area contributed by atoms with Gasteiger partial charge in [-0.3, -0.25) is 0 Å². The molecule has 0 aliphatic carbocycles. The Morgan fingerprint density at radius 3 is 2.51 bits per heavy atom. The van der Waals surface area contributed by atoms with E-state index in [-0.39, 0.29) is 0 Å². The number of carboxylic acid groups (broad SMARTS) is 1. The summed E-state index contributed by atoms with van der Waals surface area (Å²) in [5.41, 5.74) is 8.89. The first-order valence-corrected chi connectivity index (χ1v) is 13.0. The van der Waals surface area contributed by atoms with Gasteiger partial charge in [0.1, 0.15) is 17.2 Å². The van der Waals surface area contributed by atoms with Gasteiger partial charge in [-0.25, -0.2) is 14.8 Å². The molecule has 3 aromatic carbocycles. The number of fused-ring (bicyclic) bond motifs is 2. The highest BCUT2D eigenvalue weighted by Crippen LogP contribution is 2.31. The first-order chi connectivity index (χ1) is 19.0. The van der Waals surface area contributed by atoms with E-state index in [0.29, 0.717) is 12.3 Å². The lowest BCUT2D eigenvalue weighted by atomic mass is 10.0. The summed E-state index contributed by atoms with van der Waals surface area (Å²) in [6, 6.07) is 25.8. The highest BCUT2D eigenvalue weighted by molar-refractivity contribution is 5.82. The fourth-order valence-corrected chi connectivity index (χ4v) is 5.08. The number of pyridine rings is 1. The maximum Gasteiger partial charge on any atom is 0.511 e. The summed E-state index contributed by atoms with van der Waals surface area (Å²) >= 11 is 0. The van der Waals surface area contributed by atoms with Gasteiger partial charge in [-0.1, -0.05) is 61.5 Å². The molecule has 7 nitrogen and oxygen atoms in total. The van der Waals surface area contributed by atoms with Crippen LogP contribution in [0.25, 0.3) is 39.1 Å². The van der Waals surface area contributed by atoms with E-state index in [1.165, 1.54) is 0 Å². The van der Waals surface area contributed by atoms with Crippen molar-refractivity contribution in [2.24, 2.45) is 0 Å². The van der Waals surface area contributed by atoms with E-state index in [1.54, 1.807) is 12.1 Å². The summed E-state index contributed by atoms with van der Waals surface area (Å²) in [6.07, 6.45) is 4.66. The largest absolute Gasteiger partial charge is 0.511 e. The van der Waals surface area contributed by atoms with Crippen molar-refractivity contribution in [3.63, 3.8) is 0 Å². The molecule has 0 radical (unpaired) electrons. The van der Waals surface area contributed by atoms with E-state index in [0.717, 1.165) is 68.9 Å². The molecule has 0 aliphatic heterocycles. The van der Waals surface area contributed by atoms with Gasteiger partial charge >= 0.3 is 6.16 Å². The Balaban J connectivity index is 1.36. The zero-order valence-corrected chi connectivity index (χ0v) is 21.8. The molecule has 6 aromatic rings. The fourth-order valence-electron chi connectivity index (χ4n) is 5.08. The van der Waals surface area contributed by atoms with Crippen LogP contribution in [0, 0.1) is 6.92 Å². The second-order valence-corrected chi connectivity index (χ2v) is 9.68. The normalized spacial score (nSPS) is 11.3. The number of rotatable bonds is 7. The second kappa shape index (κ2) is 10.1. The molecule has 6 rings (SSSR count). The predicted molar refractivity (Wildman–Crippen MR) is 152 cm³/mol. The number of hydrogen-bond acceptors (Lipinski definition) is 4. The van der Waals surface area contributed by atoms with Crippen LogP contribution < -0.4 is 4.74 Å². The summed E-state index contributed by atoms with van der Waals surface area (Å²) in [4.78, 5) is 21.0. The topological polar surface area (TPSA) is 81.7 Å². The molecular formula is C32H28N4O3. The number of ether oxygens (including phenoxy) is 1. The molecule has 0 spiro atoms. The van der Waals surface area contributed by atoms with E-state index < -0.39 is 6.16 Å². The van der Waals surface area contributed by atoms with E-state index in [1.807, 2.05) is 36.5 Å². The van der Waals surface area contributed by atoms with E-state index in [4.69, 9.17) is 19.8 Å². The zero-order valence-electron chi connectivity index (χ0n) is 21.8. The molecule has 39 heavy (non-hydrogen) atoms. The van der Waals surface area contributed by atoms with E-state index in [2.05, 4.69) is 65.4 Å². The van der Waals surface area contributed by atoms with Crippen LogP contribution in [0.4, 0.5) is 4.79 Å². The first kappa shape index (κ1) is 24.4. The molecule has 0 fully saturated rings. The van der Waals surface area contributed by atoms with Crippen molar-refractivity contribution in [3.8, 4) is 28.1 Å². The average Bonchev–Trinajstić information content (AvgIpc) is 3.52. The molecule has 0 atom stereocenters. The van der Waals surface area contributed by atoms with E-state index in [9.17, 15) is 4.79 Å². The van der Waals surface area contributed by atoms with Crippen LogP contribution in [0.1, 0.15) is 30.3 Å². The number of benzene rings is 3. The van der Waals surface area contributed by atoms with Gasteiger partial charge < -0.3 is 18.8 Å². The third-order valence-corrected chi connectivity index (χ3v) is 6.96. The highest BCUT2D eigenvalue weighted by Gasteiger charge is 2.15. The standard InChI is InChI=1S/C32H28N4O3/c1-3-7-30-33-26-16-15-24(27-20-35-17-6-8-21(2)31(35)34-27)18-28(26)36(30)19-22-11-13-23(14-12-22)25-9-4-5-10-29(25)39-32(37)38/h4-6,8-18,20H,3,7,19H2,1-2H3,(H,37,38). The third kappa shape index (κ3) is 4.75. The monoisotopic (exact) mass is 516 g/mol. The Kier molecular flexibility index (Phi) is 6.32. The van der Waals surface area contributed by atoms with Gasteiger partial charge in [0.05, 0.1) is 16.7 Å². The van der Waals surface area contributed by atoms with Crippen molar-refractivity contribution in [1.29, 1.82) is 0 Å². The molecular weight excluding hydrogens is 488 g/mol. The molecule has 3 heterocycles. The number of para-hydroxylation sites is 1. The molecule has 1 N–H and O–H groups in total. The Morgan fingerprint density at radius 2 is 1.74 bits per heavy atom. The van der Waals surface area contributed by atoms with Gasteiger partial charge in [-0.05, 0) is 54.3 Å². The quantitative estimate of drug-likeness (QED) is 0.177. The lowest BCUT2D eigenvalue weighted by molar-refractivity contribution is 0.144. The lowest BCUT2D eigenvalue weighted by Crippen LogP contribution is -2.05. The van der Waals surface area contributed by atoms with Crippen LogP contribution in [-0.2, 0) is 13.0 Å². The number of aryl methyl sites for hydroxylation is 2. The minimum atomic E-state index is -1.33. The molecule has 7 heteroatoms. The molecule has 194 valence electrons. The van der Waals surface area contributed by atoms with Crippen molar-refractivity contribution in [3.05, 3.63) is 108 Å². The highest BCUT2D eigenvalue weighted by atomic mass is 16.7. The number of aromatic nitrogens is 4. The number of imidazole rings is 2. The molecule has 3 aromatic heterocycles. The smallest absolute Gasteiger partial charge is 0.449 e. The summed E-state index contributed by atoms with van der Waals surface area (Å²) in [5.74, 6) is 1.37. The van der Waals surface area contributed by atoms with Gasteiger partial charge in [0, 0.05) is 36.5 Å². The van der Waals surface area contributed by atoms with Crippen LogP contribution in [0.5, 0.6) is 5.75 Å². The van der Waals surface area contributed by atoms with Crippen LogP contribution in [0.2, 0.25) is 0 Å². The summed E-state index contributed by atoms with van der Waals surface area (Å²) < 4.78 is 9.33. The molecule has 0 saturated carbocycles. The van der Waals surface area contributed by atoms with Crippen LogP contribution in [0.15, 0.2) is 91.3 Å². The van der Waals surface area contributed by atoms with Gasteiger partial charge in [0.15, 0.2) is 0 Å². The first-order valence-electron chi connectivity index (χ1n) is 13.0. The summed E-state index contributed by atoms with van der Waals surface area (Å²) in [7, 11) is 0. The maximum atomic E-state index is 11.1. The minimum absolute atomic E-state index is 0.318. The average molecular weight is 517 g/mol. The Morgan fingerprint density at radius 1 is 0.949 bits per heavy atom. The Labute approximate surface area is 226 Å². The number of hydrogen-bond donors (Lipinski definition) is 1. The third-order valence-electron chi connectivity index (χ3n) is 6.96. The van der Waals surface area contributed by atoms with Gasteiger partial charge in [0.25, 0.3) is 0 Å². The minimum Gasteiger partial charge on any atom is -0.449 e. The van der Waals surface area contributed by atoms with Gasteiger partial charge in [-0.15, -0.1) is 0 Å². The maximum absolute atomic E-state index is 11.1. The van der Waals surface area contributed by atoms with Gasteiger partial charge in [-0.2, -0.15) is 0 Å². The number of carbonyl (C=O) groups is 1. The summed E-state index contributed by atoms with van der Waals surface area (Å²) in [5, 5.41) is 9.09. The second-order valence-electron chi connectivity index (χ2n) is 9.68. The van der Waals surface area contributed by atoms with Crippen molar-refractivity contribution >= 4 is 22.8 Å². The Hall–Kier alpha value is -4.91. The van der Waals surface area contributed by atoms with Crippen molar-refractivity contribution in [2.75, 3.05) is 0 Å². The molecule has 0 amide bonds. The number of nitrogens with zero attached hydrogens (tertiary/aromatic N) is 4. The molecule has 0 unspecified atom stereocenters. The van der Waals surface area contributed by atoms with Crippen molar-refractivity contribution in [2.45, 2.75) is 33.2 Å². The van der Waals surface area contributed by atoms with Crippen molar-refractivity contribution < 1.29 is 14.6 Å². The van der Waals surface area contributed by atoms with Crippen LogP contribution >= 0.6 is 0 Å². The van der Waals surface area contributed by atoms with E-state index >= 15 is 0 Å². The van der Waals surface area contributed by atoms with Crippen LogP contribution in [-0.4, -0.2) is 30.2 Å². The lowest BCUT2D eigenvalue weighted by Gasteiger charge is -2.12. The SMILES string of the molecule is CCCc1nc2ccc(-c3cn4cccc(C)c4n3)cc2n1Cc1ccc(-c2ccccc2OC(=O)O)cc1. The molecule has 0 bridgehead atoms. The molecule has 0 saturated heterocycles. The molecule has 0 aliphatic rings. The Bertz CT molecular complexity index is 1820. The zero-order chi connectivity index (χ0) is 26.9. The van der Waals surface area contributed by atoms with Crippen LogP contribution in [0.3, 0.4) is 0 Å². The predicted octanol–water partition coefficient (Wildman–Crippen LogP) is 7.38. The fraction of sp³-hybridized carbons (Fsp3) is 0.156. The summed E-state index contributed by atoms with van der Waals surface area (Å²) in [6.45, 7) is 4.91. The van der Waals surface area contributed by atoms with Crippen molar-refractivity contribution in [1.82, 2.24) is 18.9 Å².